The van der Waals surface area contributed by atoms with E-state index in [2.05, 4.69) is 15.0 Å². The van der Waals surface area contributed by atoms with E-state index in [0.29, 0.717) is 22.3 Å². The van der Waals surface area contributed by atoms with Gasteiger partial charge in [-0.05, 0) is 25.1 Å². The van der Waals surface area contributed by atoms with Gasteiger partial charge in [-0.3, -0.25) is 9.78 Å². The van der Waals surface area contributed by atoms with Gasteiger partial charge < -0.3 is 14.6 Å². The first-order valence-electron chi connectivity index (χ1n) is 8.01. The fourth-order valence-corrected chi connectivity index (χ4v) is 2.99. The minimum atomic E-state index is -0.116. The SMILES string of the molecule is COc1cc(N(C)C(C)=O)c(Cl)cc1-c1nc(C)c(-c2cccnc2)[nH]1. The second kappa shape index (κ2) is 7.17. The van der Waals surface area contributed by atoms with E-state index < -0.39 is 0 Å². The minimum Gasteiger partial charge on any atom is -0.496 e. The molecule has 0 saturated carbocycles. The third-order valence-corrected chi connectivity index (χ3v) is 4.50. The molecule has 7 heteroatoms. The molecule has 1 aromatic carbocycles. The maximum absolute atomic E-state index is 11.7. The van der Waals surface area contributed by atoms with Crippen molar-refractivity contribution < 1.29 is 9.53 Å². The maximum atomic E-state index is 11.7. The minimum absolute atomic E-state index is 0.116. The molecule has 6 nitrogen and oxygen atoms in total. The van der Waals surface area contributed by atoms with Crippen LogP contribution >= 0.6 is 11.6 Å². The molecule has 3 rings (SSSR count). The number of methoxy groups -OCH3 is 1. The molecular weight excluding hydrogens is 352 g/mol. The average Bonchev–Trinajstić information content (AvgIpc) is 3.03. The molecule has 0 bridgehead atoms. The predicted molar refractivity (Wildman–Crippen MR) is 103 cm³/mol. The van der Waals surface area contributed by atoms with Crippen molar-refractivity contribution in [2.45, 2.75) is 13.8 Å². The number of hydrogen-bond acceptors (Lipinski definition) is 4. The van der Waals surface area contributed by atoms with Gasteiger partial charge in [0.25, 0.3) is 0 Å². The summed E-state index contributed by atoms with van der Waals surface area (Å²) in [7, 11) is 3.24. The Hall–Kier alpha value is -2.86. The summed E-state index contributed by atoms with van der Waals surface area (Å²) in [6.45, 7) is 3.40. The molecular formula is C19H19ClN4O2. The summed E-state index contributed by atoms with van der Waals surface area (Å²) < 4.78 is 5.51. The normalized spacial score (nSPS) is 10.7. The highest BCUT2D eigenvalue weighted by molar-refractivity contribution is 6.34. The lowest BCUT2D eigenvalue weighted by atomic mass is 10.1. The number of H-pyrrole nitrogens is 1. The van der Waals surface area contributed by atoms with Gasteiger partial charge in [0.05, 0.1) is 34.8 Å². The number of nitrogens with zero attached hydrogens (tertiary/aromatic N) is 3. The Morgan fingerprint density at radius 3 is 2.73 bits per heavy atom. The summed E-state index contributed by atoms with van der Waals surface area (Å²) in [4.78, 5) is 25.2. The molecule has 3 aromatic rings. The van der Waals surface area contributed by atoms with Crippen LogP contribution in [-0.4, -0.2) is 35.0 Å². The topological polar surface area (TPSA) is 71.1 Å². The molecule has 2 heterocycles. The lowest BCUT2D eigenvalue weighted by Gasteiger charge is -2.19. The largest absolute Gasteiger partial charge is 0.496 e. The lowest BCUT2D eigenvalue weighted by Crippen LogP contribution is -2.23. The van der Waals surface area contributed by atoms with Crippen molar-refractivity contribution in [1.29, 1.82) is 0 Å². The third-order valence-electron chi connectivity index (χ3n) is 4.19. The van der Waals surface area contributed by atoms with Crippen LogP contribution in [0.1, 0.15) is 12.6 Å². The molecule has 0 aliphatic rings. The molecule has 0 aliphatic heterocycles. The number of hydrogen-bond donors (Lipinski definition) is 1. The van der Waals surface area contributed by atoms with Crippen LogP contribution in [0.15, 0.2) is 36.7 Å². The van der Waals surface area contributed by atoms with E-state index in [9.17, 15) is 4.79 Å². The number of halogens is 1. The first-order chi connectivity index (χ1) is 12.4. The van der Waals surface area contributed by atoms with Crippen molar-refractivity contribution in [1.82, 2.24) is 15.0 Å². The predicted octanol–water partition coefficient (Wildman–Crippen LogP) is 4.09. The maximum Gasteiger partial charge on any atom is 0.223 e. The molecule has 0 saturated heterocycles. The van der Waals surface area contributed by atoms with Crippen LogP contribution in [0.25, 0.3) is 22.6 Å². The highest BCUT2D eigenvalue weighted by Crippen LogP contribution is 2.38. The summed E-state index contributed by atoms with van der Waals surface area (Å²) in [6.07, 6.45) is 3.50. The highest BCUT2D eigenvalue weighted by atomic mass is 35.5. The van der Waals surface area contributed by atoms with Gasteiger partial charge in [-0.2, -0.15) is 0 Å². The third kappa shape index (κ3) is 3.28. The van der Waals surface area contributed by atoms with Crippen molar-refractivity contribution in [3.63, 3.8) is 0 Å². The van der Waals surface area contributed by atoms with Gasteiger partial charge in [0.1, 0.15) is 11.6 Å². The molecule has 26 heavy (non-hydrogen) atoms. The van der Waals surface area contributed by atoms with E-state index in [4.69, 9.17) is 16.3 Å². The van der Waals surface area contributed by atoms with Crippen LogP contribution in [0.2, 0.25) is 5.02 Å². The number of aromatic amines is 1. The number of imidazole rings is 1. The molecule has 0 unspecified atom stereocenters. The van der Waals surface area contributed by atoms with Gasteiger partial charge in [0.15, 0.2) is 0 Å². The Morgan fingerprint density at radius 2 is 2.12 bits per heavy atom. The van der Waals surface area contributed by atoms with E-state index in [-0.39, 0.29) is 5.91 Å². The van der Waals surface area contributed by atoms with Crippen LogP contribution < -0.4 is 9.64 Å². The van der Waals surface area contributed by atoms with Crippen molar-refractivity contribution in [2.24, 2.45) is 0 Å². The summed E-state index contributed by atoms with van der Waals surface area (Å²) in [5, 5.41) is 0.440. The Labute approximate surface area is 156 Å². The van der Waals surface area contributed by atoms with Crippen molar-refractivity contribution in [3.05, 3.63) is 47.4 Å². The molecule has 134 valence electrons. The van der Waals surface area contributed by atoms with Gasteiger partial charge >= 0.3 is 0 Å². The van der Waals surface area contributed by atoms with Crippen LogP contribution in [0.5, 0.6) is 5.75 Å². The number of carbonyl (C=O) groups is 1. The van der Waals surface area contributed by atoms with Gasteiger partial charge in [-0.1, -0.05) is 11.6 Å². The average molecular weight is 371 g/mol. The number of carbonyl (C=O) groups excluding carboxylic acids is 1. The number of aromatic nitrogens is 3. The number of ether oxygens (including phenoxy) is 1. The van der Waals surface area contributed by atoms with E-state index in [1.165, 1.54) is 11.8 Å². The summed E-state index contributed by atoms with van der Waals surface area (Å²) >= 11 is 6.41. The summed E-state index contributed by atoms with van der Waals surface area (Å²) in [5.41, 5.74) is 3.97. The standard InChI is InChI=1S/C19H19ClN4O2/c1-11-18(13-6-5-7-21-10-13)23-19(22-11)14-8-15(20)16(9-17(14)26-4)24(3)12(2)25/h5-10H,1-4H3,(H,22,23). The van der Waals surface area contributed by atoms with E-state index in [0.717, 1.165) is 22.5 Å². The van der Waals surface area contributed by atoms with Crippen LogP contribution in [-0.2, 0) is 4.79 Å². The zero-order valence-electron chi connectivity index (χ0n) is 15.0. The second-order valence-electron chi connectivity index (χ2n) is 5.87. The monoisotopic (exact) mass is 370 g/mol. The van der Waals surface area contributed by atoms with Crippen molar-refractivity contribution >= 4 is 23.2 Å². The van der Waals surface area contributed by atoms with Crippen LogP contribution in [0, 0.1) is 6.92 Å². The van der Waals surface area contributed by atoms with Crippen LogP contribution in [0.4, 0.5) is 5.69 Å². The molecule has 1 N–H and O–H groups in total. The summed E-state index contributed by atoms with van der Waals surface area (Å²) in [6, 6.07) is 7.33. The van der Waals surface area contributed by atoms with Gasteiger partial charge in [0, 0.05) is 38.0 Å². The van der Waals surface area contributed by atoms with Crippen LogP contribution in [0.3, 0.4) is 0 Å². The number of aryl methyl sites for hydroxylation is 1. The molecule has 0 aliphatic carbocycles. The number of nitrogens with one attached hydrogen (secondary N) is 1. The molecule has 0 fully saturated rings. The van der Waals surface area contributed by atoms with Crippen molar-refractivity contribution in [2.75, 3.05) is 19.1 Å². The van der Waals surface area contributed by atoms with E-state index >= 15 is 0 Å². The lowest BCUT2D eigenvalue weighted by molar-refractivity contribution is -0.116. The number of pyridine rings is 1. The van der Waals surface area contributed by atoms with Gasteiger partial charge in [0.2, 0.25) is 5.91 Å². The van der Waals surface area contributed by atoms with E-state index in [1.54, 1.807) is 38.7 Å². The highest BCUT2D eigenvalue weighted by Gasteiger charge is 2.19. The molecule has 0 spiro atoms. The fraction of sp³-hybridized carbons (Fsp3) is 0.211. The first-order valence-corrected chi connectivity index (χ1v) is 8.39. The van der Waals surface area contributed by atoms with Crippen molar-refractivity contribution in [3.8, 4) is 28.4 Å². The quantitative estimate of drug-likeness (QED) is 0.750. The zero-order chi connectivity index (χ0) is 18.8. The Morgan fingerprint density at radius 1 is 1.35 bits per heavy atom. The van der Waals surface area contributed by atoms with Gasteiger partial charge in [-0.25, -0.2) is 4.98 Å². The Balaban J connectivity index is 2.10. The Bertz CT molecular complexity index is 954. The second-order valence-corrected chi connectivity index (χ2v) is 6.28. The Kier molecular flexibility index (Phi) is 4.95. The number of anilines is 1. The number of benzene rings is 1. The number of amides is 1. The fourth-order valence-electron chi connectivity index (χ4n) is 2.70. The molecule has 1 amide bonds. The number of rotatable bonds is 4. The van der Waals surface area contributed by atoms with E-state index in [1.807, 2.05) is 19.1 Å². The van der Waals surface area contributed by atoms with Gasteiger partial charge in [-0.15, -0.1) is 0 Å². The smallest absolute Gasteiger partial charge is 0.223 e. The molecule has 0 radical (unpaired) electrons. The summed E-state index contributed by atoms with van der Waals surface area (Å²) in [5.74, 6) is 1.09. The zero-order valence-corrected chi connectivity index (χ0v) is 15.8. The first kappa shape index (κ1) is 17.9. The molecule has 2 aromatic heterocycles. The molecule has 0 atom stereocenters.